The molecule has 4 unspecified atom stereocenters. The molecule has 0 aliphatic rings. The van der Waals surface area contributed by atoms with Crippen LogP contribution in [0.15, 0.2) is 4.99 Å². The predicted octanol–water partition coefficient (Wildman–Crippen LogP) is -4.33. The van der Waals surface area contributed by atoms with Gasteiger partial charge in [-0.05, 0) is 26.2 Å². The number of hydrogen-bond acceptors (Lipinski definition) is 8. The molecule has 0 radical (unpaired) electrons. The van der Waals surface area contributed by atoms with Gasteiger partial charge in [0.25, 0.3) is 0 Å². The lowest BCUT2D eigenvalue weighted by atomic mass is 10.1. The Kier molecular flexibility index (Phi) is 13.2. The third kappa shape index (κ3) is 12.8. The number of aliphatic imine (C=N–C) groups is 1. The summed E-state index contributed by atoms with van der Waals surface area (Å²) in [6.45, 7) is 1.39. The molecule has 0 bridgehead atoms. The lowest BCUT2D eigenvalue weighted by Gasteiger charge is -2.22. The fourth-order valence-electron chi connectivity index (χ4n) is 2.53. The van der Waals surface area contributed by atoms with Crippen LogP contribution >= 0.6 is 0 Å². The smallest absolute Gasteiger partial charge is 0.326 e. The Labute approximate surface area is 194 Å². The summed E-state index contributed by atoms with van der Waals surface area (Å²) < 4.78 is 0. The Hall–Kier alpha value is -3.95. The van der Waals surface area contributed by atoms with E-state index in [0.29, 0.717) is 0 Å². The number of rotatable bonds is 16. The van der Waals surface area contributed by atoms with Crippen LogP contribution in [-0.4, -0.2) is 82.5 Å². The zero-order chi connectivity index (χ0) is 26.4. The Morgan fingerprint density at radius 1 is 0.853 bits per heavy atom. The van der Waals surface area contributed by atoms with E-state index < -0.39 is 66.2 Å². The Balaban J connectivity index is 5.03. The summed E-state index contributed by atoms with van der Waals surface area (Å²) in [6, 6.07) is -5.38. The molecule has 16 heteroatoms. The van der Waals surface area contributed by atoms with E-state index in [0.717, 1.165) is 0 Å². The third-order valence-electron chi connectivity index (χ3n) is 4.36. The van der Waals surface area contributed by atoms with Crippen molar-refractivity contribution in [3.05, 3.63) is 0 Å². The van der Waals surface area contributed by atoms with Gasteiger partial charge in [0.15, 0.2) is 5.96 Å². The molecule has 34 heavy (non-hydrogen) atoms. The van der Waals surface area contributed by atoms with Gasteiger partial charge in [-0.15, -0.1) is 0 Å². The molecule has 0 spiro atoms. The first kappa shape index (κ1) is 30.1. The van der Waals surface area contributed by atoms with Crippen molar-refractivity contribution in [2.24, 2.45) is 27.9 Å². The predicted molar refractivity (Wildman–Crippen MR) is 118 cm³/mol. The first-order valence-electron chi connectivity index (χ1n) is 10.2. The van der Waals surface area contributed by atoms with Crippen molar-refractivity contribution in [2.75, 3.05) is 6.54 Å². The summed E-state index contributed by atoms with van der Waals surface area (Å²) in [7, 11) is 0. The molecule has 0 aromatic heterocycles. The second kappa shape index (κ2) is 15.0. The van der Waals surface area contributed by atoms with Gasteiger partial charge in [-0.1, -0.05) is 0 Å². The number of nitrogens with two attached hydrogens (primary N) is 4. The average molecular weight is 489 g/mol. The molecular weight excluding hydrogens is 456 g/mol. The molecule has 192 valence electrons. The van der Waals surface area contributed by atoms with Crippen molar-refractivity contribution in [1.29, 1.82) is 0 Å². The highest BCUT2D eigenvalue weighted by Gasteiger charge is 2.29. The molecule has 0 aromatic carbocycles. The second-order valence-electron chi connectivity index (χ2n) is 7.35. The summed E-state index contributed by atoms with van der Waals surface area (Å²) in [5.41, 5.74) is 20.9. The minimum absolute atomic E-state index is 0.000588. The van der Waals surface area contributed by atoms with Crippen LogP contribution in [0.3, 0.4) is 0 Å². The molecule has 4 amide bonds. The van der Waals surface area contributed by atoms with Gasteiger partial charge in [0.05, 0.1) is 12.5 Å². The fourth-order valence-corrected chi connectivity index (χ4v) is 2.53. The van der Waals surface area contributed by atoms with Crippen molar-refractivity contribution in [2.45, 2.75) is 63.2 Å². The molecule has 0 saturated carbocycles. The molecule has 0 aliphatic carbocycles. The number of amides is 4. The SMILES string of the molecule is CC(NC(=O)C(CC(=O)O)NC(=O)C(N)CCC(N)=O)C(=O)NC(CCCN=C(N)N)C(=O)O. The summed E-state index contributed by atoms with van der Waals surface area (Å²) in [4.78, 5) is 73.9. The van der Waals surface area contributed by atoms with E-state index in [2.05, 4.69) is 20.9 Å². The topological polar surface area (TPSA) is 295 Å². The van der Waals surface area contributed by atoms with Crippen molar-refractivity contribution < 1.29 is 39.0 Å². The number of carboxylic acid groups (broad SMARTS) is 2. The van der Waals surface area contributed by atoms with E-state index in [1.807, 2.05) is 0 Å². The van der Waals surface area contributed by atoms with Crippen LogP contribution in [0, 0.1) is 0 Å². The number of carboxylic acids is 2. The molecule has 0 heterocycles. The molecule has 0 fully saturated rings. The Morgan fingerprint density at radius 2 is 1.44 bits per heavy atom. The highest BCUT2D eigenvalue weighted by atomic mass is 16.4. The highest BCUT2D eigenvalue weighted by Crippen LogP contribution is 2.02. The van der Waals surface area contributed by atoms with E-state index in [9.17, 15) is 33.9 Å². The zero-order valence-electron chi connectivity index (χ0n) is 18.7. The first-order valence-corrected chi connectivity index (χ1v) is 10.2. The number of hydrogen-bond donors (Lipinski definition) is 9. The van der Waals surface area contributed by atoms with Crippen LogP contribution in [0.1, 0.15) is 39.0 Å². The Morgan fingerprint density at radius 3 is 1.94 bits per heavy atom. The normalized spacial score (nSPS) is 13.9. The summed E-state index contributed by atoms with van der Waals surface area (Å²) in [5.74, 6) is -6.37. The maximum Gasteiger partial charge on any atom is 0.326 e. The van der Waals surface area contributed by atoms with Crippen molar-refractivity contribution >= 4 is 41.5 Å². The molecule has 13 N–H and O–H groups in total. The van der Waals surface area contributed by atoms with E-state index in [1.54, 1.807) is 0 Å². The first-order chi connectivity index (χ1) is 15.7. The number of aliphatic carboxylic acids is 2. The van der Waals surface area contributed by atoms with E-state index in [1.165, 1.54) is 6.92 Å². The van der Waals surface area contributed by atoms with Gasteiger partial charge in [0.1, 0.15) is 18.1 Å². The molecule has 0 saturated heterocycles. The van der Waals surface area contributed by atoms with Gasteiger partial charge >= 0.3 is 11.9 Å². The Bertz CT molecular complexity index is 799. The summed E-state index contributed by atoms with van der Waals surface area (Å²) >= 11 is 0. The fraction of sp³-hybridized carbons (Fsp3) is 0.611. The van der Waals surface area contributed by atoms with E-state index >= 15 is 0 Å². The average Bonchev–Trinajstić information content (AvgIpc) is 2.72. The highest BCUT2D eigenvalue weighted by molar-refractivity contribution is 5.95. The van der Waals surface area contributed by atoms with Crippen LogP contribution in [-0.2, 0) is 28.8 Å². The molecule has 0 aliphatic heterocycles. The maximum absolute atomic E-state index is 12.5. The molecule has 4 atom stereocenters. The second-order valence-corrected chi connectivity index (χ2v) is 7.35. The number of carbonyl (C=O) groups is 6. The van der Waals surface area contributed by atoms with Gasteiger partial charge < -0.3 is 49.1 Å². The third-order valence-corrected chi connectivity index (χ3v) is 4.36. The van der Waals surface area contributed by atoms with Crippen LogP contribution in [0.2, 0.25) is 0 Å². The molecular formula is C18H32N8O8. The van der Waals surface area contributed by atoms with Gasteiger partial charge in [-0.3, -0.25) is 29.0 Å². The van der Waals surface area contributed by atoms with Crippen LogP contribution in [0.25, 0.3) is 0 Å². The van der Waals surface area contributed by atoms with Gasteiger partial charge in [-0.25, -0.2) is 4.79 Å². The van der Waals surface area contributed by atoms with Gasteiger partial charge in [0, 0.05) is 13.0 Å². The summed E-state index contributed by atoms with van der Waals surface area (Å²) in [6.07, 6.45) is -0.894. The number of nitrogens with one attached hydrogen (secondary N) is 3. The largest absolute Gasteiger partial charge is 0.481 e. The van der Waals surface area contributed by atoms with E-state index in [-0.39, 0.29) is 38.2 Å². The lowest BCUT2D eigenvalue weighted by Crippen LogP contribution is -2.56. The number of carbonyl (C=O) groups excluding carboxylic acids is 4. The van der Waals surface area contributed by atoms with Crippen molar-refractivity contribution in [1.82, 2.24) is 16.0 Å². The van der Waals surface area contributed by atoms with Gasteiger partial charge in [0.2, 0.25) is 23.6 Å². The van der Waals surface area contributed by atoms with E-state index in [4.69, 9.17) is 28.0 Å². The zero-order valence-corrected chi connectivity index (χ0v) is 18.7. The molecule has 16 nitrogen and oxygen atoms in total. The number of guanidine groups is 1. The van der Waals surface area contributed by atoms with Crippen LogP contribution in [0.4, 0.5) is 0 Å². The molecule has 0 rings (SSSR count). The van der Waals surface area contributed by atoms with Crippen molar-refractivity contribution in [3.63, 3.8) is 0 Å². The molecule has 0 aromatic rings. The number of primary amides is 1. The van der Waals surface area contributed by atoms with Crippen LogP contribution in [0.5, 0.6) is 0 Å². The summed E-state index contributed by atoms with van der Waals surface area (Å²) in [5, 5.41) is 24.9. The minimum atomic E-state index is -1.59. The van der Waals surface area contributed by atoms with Gasteiger partial charge in [-0.2, -0.15) is 0 Å². The minimum Gasteiger partial charge on any atom is -0.481 e. The standard InChI is InChI=1S/C18H32N8O8/c1-8(14(30)25-10(17(33)34)3-2-6-23-18(21)22)24-16(32)11(7-13(28)29)26-15(31)9(19)4-5-12(20)27/h8-11H,2-7,19H2,1H3,(H2,20,27)(H,24,32)(H,25,30)(H,26,31)(H,28,29)(H,33,34)(H4,21,22,23). The maximum atomic E-state index is 12.5. The monoisotopic (exact) mass is 488 g/mol. The van der Waals surface area contributed by atoms with Crippen LogP contribution < -0.4 is 38.9 Å². The number of nitrogens with zero attached hydrogens (tertiary/aromatic N) is 1. The lowest BCUT2D eigenvalue weighted by molar-refractivity contribution is -0.143. The van der Waals surface area contributed by atoms with Crippen molar-refractivity contribution in [3.8, 4) is 0 Å². The quantitative estimate of drug-likeness (QED) is 0.0568.